The Kier molecular flexibility index (Phi) is 5.95. The second kappa shape index (κ2) is 8.21. The third kappa shape index (κ3) is 4.21. The first-order valence-electron chi connectivity index (χ1n) is 9.66. The van der Waals surface area contributed by atoms with Gasteiger partial charge in [-0.05, 0) is 31.4 Å². The van der Waals surface area contributed by atoms with Gasteiger partial charge in [-0.2, -0.15) is 0 Å². The number of hydrogen-bond acceptors (Lipinski definition) is 4. The Bertz CT molecular complexity index is 699. The van der Waals surface area contributed by atoms with E-state index in [9.17, 15) is 14.4 Å². The first kappa shape index (κ1) is 19.5. The highest BCUT2D eigenvalue weighted by Gasteiger charge is 2.46. The van der Waals surface area contributed by atoms with Crippen molar-refractivity contribution in [3.63, 3.8) is 0 Å². The maximum Gasteiger partial charge on any atom is 0.251 e. The summed E-state index contributed by atoms with van der Waals surface area (Å²) in [4.78, 5) is 39.6. The number of benzene rings is 1. The fourth-order valence-electron chi connectivity index (χ4n) is 3.97. The van der Waals surface area contributed by atoms with Crippen molar-refractivity contribution >= 4 is 17.6 Å². The monoisotopic (exact) mass is 372 g/mol. The molecule has 2 fully saturated rings. The molecule has 1 heterocycles. The van der Waals surface area contributed by atoms with E-state index in [-0.39, 0.29) is 30.8 Å². The van der Waals surface area contributed by atoms with Crippen molar-refractivity contribution in [2.75, 3.05) is 20.3 Å². The van der Waals surface area contributed by atoms with Gasteiger partial charge in [0.2, 0.25) is 5.91 Å². The molecule has 0 radical (unpaired) electrons. The third-order valence-electron chi connectivity index (χ3n) is 5.97. The van der Waals surface area contributed by atoms with Crippen LogP contribution in [0.4, 0.5) is 0 Å². The van der Waals surface area contributed by atoms with Crippen molar-refractivity contribution in [1.29, 1.82) is 0 Å². The fraction of sp³-hybridized carbons (Fsp3) is 0.571. The van der Waals surface area contributed by atoms with Gasteiger partial charge in [0.05, 0.1) is 6.61 Å². The van der Waals surface area contributed by atoms with Crippen molar-refractivity contribution in [2.24, 2.45) is 5.92 Å². The first-order valence-corrected chi connectivity index (χ1v) is 9.66. The molecule has 1 N–H and O–H groups in total. The molecular formula is C21H28N2O4. The summed E-state index contributed by atoms with van der Waals surface area (Å²) in [5.41, 5.74) is -0.446. The zero-order chi connectivity index (χ0) is 19.4. The molecule has 2 amide bonds. The van der Waals surface area contributed by atoms with E-state index in [1.165, 1.54) is 4.90 Å². The molecule has 3 rings (SSSR count). The average molecular weight is 372 g/mol. The second-order valence-electron chi connectivity index (χ2n) is 7.87. The van der Waals surface area contributed by atoms with Crippen LogP contribution in [0, 0.1) is 5.92 Å². The quantitative estimate of drug-likeness (QED) is 0.830. The van der Waals surface area contributed by atoms with Crippen LogP contribution in [0.5, 0.6) is 0 Å². The molecule has 146 valence electrons. The fourth-order valence-corrected chi connectivity index (χ4v) is 3.97. The highest BCUT2D eigenvalue weighted by atomic mass is 16.5. The summed E-state index contributed by atoms with van der Waals surface area (Å²) < 4.78 is 5.28. The number of amides is 2. The Morgan fingerprint density at radius 2 is 1.93 bits per heavy atom. The van der Waals surface area contributed by atoms with Gasteiger partial charge >= 0.3 is 0 Å². The third-order valence-corrected chi connectivity index (χ3v) is 5.97. The average Bonchev–Trinajstić information content (AvgIpc) is 3.31. The summed E-state index contributed by atoms with van der Waals surface area (Å²) in [6.45, 7) is 1.94. The molecule has 1 aliphatic carbocycles. The van der Waals surface area contributed by atoms with Gasteiger partial charge < -0.3 is 15.0 Å². The van der Waals surface area contributed by atoms with Gasteiger partial charge in [0.1, 0.15) is 18.2 Å². The molecule has 1 aliphatic heterocycles. The number of Topliss-reactive ketones (excluding diaryl/α,β-unsaturated/α-hetero) is 1. The molecule has 0 bridgehead atoms. The van der Waals surface area contributed by atoms with Crippen LogP contribution in [0.1, 0.15) is 49.4 Å². The molecule has 6 nitrogen and oxygen atoms in total. The molecule has 0 spiro atoms. The predicted molar refractivity (Wildman–Crippen MR) is 101 cm³/mol. The van der Waals surface area contributed by atoms with Crippen molar-refractivity contribution in [3.05, 3.63) is 35.9 Å². The topological polar surface area (TPSA) is 75.7 Å². The van der Waals surface area contributed by atoms with Crippen LogP contribution in [0.25, 0.3) is 0 Å². The molecule has 1 saturated carbocycles. The second-order valence-corrected chi connectivity index (χ2v) is 7.87. The van der Waals surface area contributed by atoms with Gasteiger partial charge in [0.25, 0.3) is 5.91 Å². The number of carbonyl (C=O) groups excluding carboxylic acids is 3. The lowest BCUT2D eigenvalue weighted by atomic mass is 9.93. The van der Waals surface area contributed by atoms with E-state index in [0.29, 0.717) is 17.9 Å². The van der Waals surface area contributed by atoms with Crippen LogP contribution in [0.3, 0.4) is 0 Å². The zero-order valence-electron chi connectivity index (χ0n) is 16.1. The summed E-state index contributed by atoms with van der Waals surface area (Å²) in [5, 5.41) is 2.91. The van der Waals surface area contributed by atoms with Crippen LogP contribution in [-0.4, -0.2) is 54.3 Å². The molecule has 2 atom stereocenters. The molecule has 27 heavy (non-hydrogen) atoms. The Hall–Kier alpha value is -2.21. The maximum absolute atomic E-state index is 13.2. The number of hydrogen-bond donors (Lipinski definition) is 1. The molecule has 6 heteroatoms. The number of carbonyl (C=O) groups is 3. The molecule has 2 unspecified atom stereocenters. The minimum absolute atomic E-state index is 0.0256. The lowest BCUT2D eigenvalue weighted by Crippen LogP contribution is -2.58. The predicted octanol–water partition coefficient (Wildman–Crippen LogP) is 2.18. The summed E-state index contributed by atoms with van der Waals surface area (Å²) >= 11 is 0. The molecule has 1 saturated heterocycles. The number of ether oxygens (including phenoxy) is 1. The van der Waals surface area contributed by atoms with Crippen molar-refractivity contribution < 1.29 is 19.1 Å². The number of rotatable bonds is 6. The SMILES string of the molecule is CN(C(=O)C(CC1CCCC1)NC(=O)c1ccccc1)C1(C)COCC1=O. The van der Waals surface area contributed by atoms with Crippen LogP contribution < -0.4 is 5.32 Å². The van der Waals surface area contributed by atoms with Gasteiger partial charge in [-0.25, -0.2) is 0 Å². The van der Waals surface area contributed by atoms with Crippen LogP contribution in [0.15, 0.2) is 30.3 Å². The number of likely N-dealkylation sites (N-methyl/N-ethyl adjacent to an activating group) is 1. The molecule has 2 aliphatic rings. The standard InChI is InChI=1S/C21H28N2O4/c1-21(14-27-13-18(21)24)23(2)20(26)17(12-15-8-6-7-9-15)22-19(25)16-10-4-3-5-11-16/h3-5,10-11,15,17H,6-9,12-14H2,1-2H3,(H,22,25). The minimum Gasteiger partial charge on any atom is -0.371 e. The zero-order valence-corrected chi connectivity index (χ0v) is 16.1. The Labute approximate surface area is 160 Å². The van der Waals surface area contributed by atoms with Gasteiger partial charge in [0.15, 0.2) is 5.78 Å². The van der Waals surface area contributed by atoms with Crippen molar-refractivity contribution in [3.8, 4) is 0 Å². The van der Waals surface area contributed by atoms with Crippen LogP contribution >= 0.6 is 0 Å². The van der Waals surface area contributed by atoms with E-state index in [2.05, 4.69) is 5.32 Å². The summed E-state index contributed by atoms with van der Waals surface area (Å²) in [6, 6.07) is 8.25. The normalized spacial score (nSPS) is 24.0. The van der Waals surface area contributed by atoms with Gasteiger partial charge in [0, 0.05) is 12.6 Å². The van der Waals surface area contributed by atoms with E-state index in [4.69, 9.17) is 4.74 Å². The highest BCUT2D eigenvalue weighted by molar-refractivity contribution is 5.99. The first-order chi connectivity index (χ1) is 12.9. The molecule has 0 aromatic heterocycles. The van der Waals surface area contributed by atoms with Crippen molar-refractivity contribution in [1.82, 2.24) is 10.2 Å². The number of ketones is 1. The summed E-state index contributed by atoms with van der Waals surface area (Å²) in [5.74, 6) is -0.175. The maximum atomic E-state index is 13.2. The highest BCUT2D eigenvalue weighted by Crippen LogP contribution is 2.30. The lowest BCUT2D eigenvalue weighted by molar-refractivity contribution is -0.143. The van der Waals surface area contributed by atoms with Crippen LogP contribution in [0.2, 0.25) is 0 Å². The molecule has 1 aromatic carbocycles. The largest absolute Gasteiger partial charge is 0.371 e. The van der Waals surface area contributed by atoms with Crippen LogP contribution in [-0.2, 0) is 14.3 Å². The lowest BCUT2D eigenvalue weighted by Gasteiger charge is -2.35. The number of nitrogens with one attached hydrogen (secondary N) is 1. The van der Waals surface area contributed by atoms with E-state index in [1.54, 1.807) is 38.2 Å². The Morgan fingerprint density at radius 1 is 1.26 bits per heavy atom. The van der Waals surface area contributed by atoms with Gasteiger partial charge in [-0.15, -0.1) is 0 Å². The van der Waals surface area contributed by atoms with Gasteiger partial charge in [-0.1, -0.05) is 43.9 Å². The molecular weight excluding hydrogens is 344 g/mol. The molecule has 1 aromatic rings. The minimum atomic E-state index is -0.970. The van der Waals surface area contributed by atoms with E-state index in [1.807, 2.05) is 6.07 Å². The number of nitrogens with zero attached hydrogens (tertiary/aromatic N) is 1. The van der Waals surface area contributed by atoms with E-state index in [0.717, 1.165) is 25.7 Å². The summed E-state index contributed by atoms with van der Waals surface area (Å²) in [6.07, 6.45) is 5.09. The van der Waals surface area contributed by atoms with Crippen molar-refractivity contribution in [2.45, 2.75) is 50.6 Å². The van der Waals surface area contributed by atoms with E-state index < -0.39 is 11.6 Å². The van der Waals surface area contributed by atoms with E-state index >= 15 is 0 Å². The smallest absolute Gasteiger partial charge is 0.251 e. The Balaban J connectivity index is 1.77. The van der Waals surface area contributed by atoms with Gasteiger partial charge in [-0.3, -0.25) is 14.4 Å². The summed E-state index contributed by atoms with van der Waals surface area (Å²) in [7, 11) is 1.63. The Morgan fingerprint density at radius 3 is 2.52 bits per heavy atom.